The Morgan fingerprint density at radius 2 is 1.86 bits per heavy atom. The van der Waals surface area contributed by atoms with E-state index in [9.17, 15) is 13.6 Å². The van der Waals surface area contributed by atoms with Crippen molar-refractivity contribution in [3.63, 3.8) is 0 Å². The zero-order chi connectivity index (χ0) is 15.2. The average Bonchev–Trinajstić information content (AvgIpc) is 2.49. The van der Waals surface area contributed by atoms with Gasteiger partial charge in [-0.3, -0.25) is 4.79 Å². The maximum Gasteiger partial charge on any atom is 0.258 e. The Hall–Kier alpha value is -2.71. The largest absolute Gasteiger partial charge is 0.384 e. The fourth-order valence-electron chi connectivity index (χ4n) is 1.65. The van der Waals surface area contributed by atoms with Crippen molar-refractivity contribution in [1.29, 1.82) is 0 Å². The SMILES string of the molecule is O=C(Nc1ccc(C#CCO)cc1)c1cc(F)ccc1F. The van der Waals surface area contributed by atoms with E-state index in [0.717, 1.165) is 18.2 Å². The monoisotopic (exact) mass is 287 g/mol. The fourth-order valence-corrected chi connectivity index (χ4v) is 1.65. The highest BCUT2D eigenvalue weighted by Crippen LogP contribution is 2.14. The standard InChI is InChI=1S/C16H11F2NO2/c17-12-5-8-15(18)14(10-12)16(21)19-13-6-3-11(4-7-13)2-1-9-20/h3-8,10,20H,9H2,(H,19,21). The number of halogens is 2. The van der Waals surface area contributed by atoms with Crippen molar-refractivity contribution in [3.8, 4) is 11.8 Å². The molecule has 2 aromatic carbocycles. The van der Waals surface area contributed by atoms with E-state index < -0.39 is 17.5 Å². The van der Waals surface area contributed by atoms with Crippen molar-refractivity contribution in [2.75, 3.05) is 11.9 Å². The van der Waals surface area contributed by atoms with Crippen LogP contribution >= 0.6 is 0 Å². The van der Waals surface area contributed by atoms with Crippen LogP contribution in [0.5, 0.6) is 0 Å². The molecule has 1 amide bonds. The summed E-state index contributed by atoms with van der Waals surface area (Å²) in [5, 5.41) is 11.0. The van der Waals surface area contributed by atoms with Gasteiger partial charge in [0.2, 0.25) is 0 Å². The van der Waals surface area contributed by atoms with E-state index in [4.69, 9.17) is 5.11 Å². The highest BCUT2D eigenvalue weighted by molar-refractivity contribution is 6.04. The molecule has 0 aliphatic heterocycles. The molecular formula is C16H11F2NO2. The molecule has 5 heteroatoms. The van der Waals surface area contributed by atoms with Gasteiger partial charge in [-0.25, -0.2) is 8.78 Å². The van der Waals surface area contributed by atoms with Gasteiger partial charge in [-0.1, -0.05) is 11.8 Å². The number of carbonyl (C=O) groups is 1. The highest BCUT2D eigenvalue weighted by Gasteiger charge is 2.12. The van der Waals surface area contributed by atoms with Gasteiger partial charge >= 0.3 is 0 Å². The topological polar surface area (TPSA) is 49.3 Å². The molecule has 106 valence electrons. The molecule has 0 spiro atoms. The predicted octanol–water partition coefficient (Wildman–Crippen LogP) is 2.56. The van der Waals surface area contributed by atoms with Crippen LogP contribution in [-0.4, -0.2) is 17.6 Å². The van der Waals surface area contributed by atoms with E-state index in [2.05, 4.69) is 17.2 Å². The third kappa shape index (κ3) is 3.88. The second-order valence-corrected chi connectivity index (χ2v) is 4.12. The first kappa shape index (κ1) is 14.7. The lowest BCUT2D eigenvalue weighted by atomic mass is 10.1. The van der Waals surface area contributed by atoms with Gasteiger partial charge in [-0.15, -0.1) is 0 Å². The molecule has 0 saturated heterocycles. The van der Waals surface area contributed by atoms with Crippen molar-refractivity contribution in [2.24, 2.45) is 0 Å². The van der Waals surface area contributed by atoms with E-state index in [1.54, 1.807) is 24.3 Å². The summed E-state index contributed by atoms with van der Waals surface area (Å²) < 4.78 is 26.5. The van der Waals surface area contributed by atoms with Gasteiger partial charge in [-0.2, -0.15) is 0 Å². The minimum absolute atomic E-state index is 0.239. The number of amides is 1. The summed E-state index contributed by atoms with van der Waals surface area (Å²) in [5.74, 6) is 2.98. The highest BCUT2D eigenvalue weighted by atomic mass is 19.1. The lowest BCUT2D eigenvalue weighted by Gasteiger charge is -2.06. The Balaban J connectivity index is 2.14. The van der Waals surface area contributed by atoms with Crippen LogP contribution in [0.25, 0.3) is 0 Å². The van der Waals surface area contributed by atoms with E-state index >= 15 is 0 Å². The van der Waals surface area contributed by atoms with Crippen LogP contribution in [-0.2, 0) is 0 Å². The molecule has 0 heterocycles. The Morgan fingerprint density at radius 1 is 1.14 bits per heavy atom. The number of rotatable bonds is 2. The molecule has 0 unspecified atom stereocenters. The maximum atomic E-state index is 13.5. The van der Waals surface area contributed by atoms with Gasteiger partial charge in [-0.05, 0) is 42.5 Å². The van der Waals surface area contributed by atoms with Crippen LogP contribution in [0.1, 0.15) is 15.9 Å². The first-order valence-electron chi connectivity index (χ1n) is 6.06. The number of anilines is 1. The van der Waals surface area contributed by atoms with Gasteiger partial charge in [0.25, 0.3) is 5.91 Å². The molecule has 0 atom stereocenters. The summed E-state index contributed by atoms with van der Waals surface area (Å²) in [6.45, 7) is -0.239. The van der Waals surface area contributed by atoms with Crippen molar-refractivity contribution in [2.45, 2.75) is 0 Å². The van der Waals surface area contributed by atoms with E-state index in [1.807, 2.05) is 0 Å². The number of carbonyl (C=O) groups excluding carboxylic acids is 1. The molecule has 2 N–H and O–H groups in total. The zero-order valence-corrected chi connectivity index (χ0v) is 10.9. The third-order valence-electron chi connectivity index (χ3n) is 2.63. The summed E-state index contributed by atoms with van der Waals surface area (Å²) >= 11 is 0. The first-order valence-corrected chi connectivity index (χ1v) is 6.06. The summed E-state index contributed by atoms with van der Waals surface area (Å²) in [5.41, 5.74) is 0.733. The molecule has 0 bridgehead atoms. The summed E-state index contributed by atoms with van der Waals surface area (Å²) in [6.07, 6.45) is 0. The van der Waals surface area contributed by atoms with Gasteiger partial charge in [0.1, 0.15) is 18.2 Å². The minimum atomic E-state index is -0.792. The molecule has 21 heavy (non-hydrogen) atoms. The Bertz CT molecular complexity index is 715. The van der Waals surface area contributed by atoms with Crippen LogP contribution in [0.2, 0.25) is 0 Å². The van der Waals surface area contributed by atoms with Crippen LogP contribution < -0.4 is 5.32 Å². The van der Waals surface area contributed by atoms with Gasteiger partial charge in [0, 0.05) is 11.3 Å². The minimum Gasteiger partial charge on any atom is -0.384 e. The van der Waals surface area contributed by atoms with Crippen LogP contribution in [0.3, 0.4) is 0 Å². The number of benzene rings is 2. The second kappa shape index (κ2) is 6.64. The van der Waals surface area contributed by atoms with Gasteiger partial charge in [0.15, 0.2) is 0 Å². The van der Waals surface area contributed by atoms with E-state index in [1.165, 1.54) is 0 Å². The van der Waals surface area contributed by atoms with Gasteiger partial charge < -0.3 is 10.4 Å². The molecule has 0 aliphatic rings. The van der Waals surface area contributed by atoms with Crippen molar-refractivity contribution in [1.82, 2.24) is 0 Å². The summed E-state index contributed by atoms with van der Waals surface area (Å²) in [4.78, 5) is 11.9. The Labute approximate surface area is 120 Å². The molecule has 0 aliphatic carbocycles. The molecule has 2 aromatic rings. The van der Waals surface area contributed by atoms with Crippen molar-refractivity contribution in [3.05, 3.63) is 65.2 Å². The number of hydrogen-bond acceptors (Lipinski definition) is 2. The van der Waals surface area contributed by atoms with Crippen LogP contribution in [0, 0.1) is 23.5 Å². The molecule has 2 rings (SSSR count). The average molecular weight is 287 g/mol. The van der Waals surface area contributed by atoms with Crippen LogP contribution in [0.15, 0.2) is 42.5 Å². The molecule has 0 saturated carbocycles. The molecule has 0 radical (unpaired) electrons. The first-order chi connectivity index (χ1) is 10.1. The fraction of sp³-hybridized carbons (Fsp3) is 0.0625. The number of aliphatic hydroxyl groups excluding tert-OH is 1. The molecule has 0 aromatic heterocycles. The van der Waals surface area contributed by atoms with E-state index in [-0.39, 0.29) is 12.2 Å². The zero-order valence-electron chi connectivity index (χ0n) is 10.9. The smallest absolute Gasteiger partial charge is 0.258 e. The molecule has 0 fully saturated rings. The van der Waals surface area contributed by atoms with Crippen molar-refractivity contribution < 1.29 is 18.7 Å². The third-order valence-corrected chi connectivity index (χ3v) is 2.63. The normalized spacial score (nSPS) is 9.67. The maximum absolute atomic E-state index is 13.5. The van der Waals surface area contributed by atoms with E-state index in [0.29, 0.717) is 11.3 Å². The molecule has 3 nitrogen and oxygen atoms in total. The summed E-state index contributed by atoms with van der Waals surface area (Å²) in [6, 6.07) is 9.12. The Kier molecular flexibility index (Phi) is 4.64. The predicted molar refractivity (Wildman–Crippen MR) is 74.7 cm³/mol. The summed E-state index contributed by atoms with van der Waals surface area (Å²) in [7, 11) is 0. The number of hydrogen-bond donors (Lipinski definition) is 2. The van der Waals surface area contributed by atoms with Crippen LogP contribution in [0.4, 0.5) is 14.5 Å². The quantitative estimate of drug-likeness (QED) is 0.834. The number of nitrogens with one attached hydrogen (secondary N) is 1. The second-order valence-electron chi connectivity index (χ2n) is 4.12. The Morgan fingerprint density at radius 3 is 2.52 bits per heavy atom. The lowest BCUT2D eigenvalue weighted by Crippen LogP contribution is -2.14. The lowest BCUT2D eigenvalue weighted by molar-refractivity contribution is 0.102. The molecular weight excluding hydrogens is 276 g/mol. The van der Waals surface area contributed by atoms with Crippen molar-refractivity contribution >= 4 is 11.6 Å². The number of aliphatic hydroxyl groups is 1. The van der Waals surface area contributed by atoms with Gasteiger partial charge in [0.05, 0.1) is 5.56 Å².